The van der Waals surface area contributed by atoms with Gasteiger partial charge >= 0.3 is 6.29 Å². The van der Waals surface area contributed by atoms with Gasteiger partial charge in [-0.15, -0.1) is 8.78 Å². The molecule has 192 valence electrons. The summed E-state index contributed by atoms with van der Waals surface area (Å²) in [6.07, 6.45) is -2.66. The molecule has 1 N–H and O–H groups in total. The van der Waals surface area contributed by atoms with Gasteiger partial charge in [0, 0.05) is 11.1 Å². The van der Waals surface area contributed by atoms with E-state index in [4.69, 9.17) is 0 Å². The molecule has 0 bridgehead atoms. The number of halogens is 2. The van der Waals surface area contributed by atoms with Crippen molar-refractivity contribution in [2.45, 2.75) is 57.7 Å². The largest absolute Gasteiger partial charge is 0.586 e. The van der Waals surface area contributed by atoms with Gasteiger partial charge in [-0.1, -0.05) is 51.1 Å². The van der Waals surface area contributed by atoms with E-state index in [-0.39, 0.29) is 23.0 Å². The molecule has 1 fully saturated rings. The Kier molecular flexibility index (Phi) is 5.51. The summed E-state index contributed by atoms with van der Waals surface area (Å²) in [6.45, 7) is 7.60. The highest BCUT2D eigenvalue weighted by Gasteiger charge is 2.53. The maximum absolute atomic E-state index is 13.4. The minimum atomic E-state index is -3.73. The number of nitrogens with zero attached hydrogens (tertiary/aromatic N) is 1. The molecule has 5 rings (SSSR count). The summed E-state index contributed by atoms with van der Waals surface area (Å²) in [4.78, 5) is 29.9. The van der Waals surface area contributed by atoms with Gasteiger partial charge in [0.05, 0.1) is 17.1 Å². The molecule has 1 aliphatic heterocycles. The second-order valence-corrected chi connectivity index (χ2v) is 10.5. The van der Waals surface area contributed by atoms with Crippen LogP contribution in [0.3, 0.4) is 0 Å². The van der Waals surface area contributed by atoms with E-state index < -0.39 is 23.1 Å². The third kappa shape index (κ3) is 4.39. The molecular formula is C28H25F2N2O5-. The molecule has 37 heavy (non-hydrogen) atoms. The van der Waals surface area contributed by atoms with E-state index in [1.807, 2.05) is 27.7 Å². The number of benzene rings is 2. The van der Waals surface area contributed by atoms with E-state index >= 15 is 0 Å². The highest BCUT2D eigenvalue weighted by Crippen LogP contribution is 2.52. The quantitative estimate of drug-likeness (QED) is 0.537. The fraction of sp³-hybridized carbons (Fsp3) is 0.321. The van der Waals surface area contributed by atoms with Crippen LogP contribution in [0.25, 0.3) is 11.3 Å². The maximum Gasteiger partial charge on any atom is 0.586 e. The van der Waals surface area contributed by atoms with Crippen molar-refractivity contribution >= 4 is 17.7 Å². The molecular weight excluding hydrogens is 482 g/mol. The molecule has 0 saturated heterocycles. The van der Waals surface area contributed by atoms with E-state index in [1.54, 1.807) is 30.3 Å². The molecule has 7 nitrogen and oxygen atoms in total. The maximum atomic E-state index is 13.4. The van der Waals surface area contributed by atoms with Crippen molar-refractivity contribution in [1.29, 1.82) is 0 Å². The lowest BCUT2D eigenvalue weighted by atomic mass is 9.79. The third-order valence-electron chi connectivity index (χ3n) is 6.77. The second kappa shape index (κ2) is 8.26. The molecule has 2 aliphatic rings. The van der Waals surface area contributed by atoms with Crippen LogP contribution in [0.15, 0.2) is 48.5 Å². The number of anilines is 1. The van der Waals surface area contributed by atoms with Crippen LogP contribution in [-0.4, -0.2) is 23.2 Å². The number of rotatable bonds is 5. The van der Waals surface area contributed by atoms with Crippen molar-refractivity contribution in [2.24, 2.45) is 0 Å². The minimum Gasteiger partial charge on any atom is -0.545 e. The highest BCUT2D eigenvalue weighted by molar-refractivity contribution is 6.01. The van der Waals surface area contributed by atoms with Gasteiger partial charge in [0.25, 0.3) is 0 Å². The fourth-order valence-corrected chi connectivity index (χ4v) is 4.85. The first-order valence-corrected chi connectivity index (χ1v) is 11.9. The first kappa shape index (κ1) is 24.7. The average Bonchev–Trinajstić information content (AvgIpc) is 3.56. The van der Waals surface area contributed by atoms with Crippen molar-refractivity contribution in [1.82, 2.24) is 4.98 Å². The van der Waals surface area contributed by atoms with Gasteiger partial charge in [0.2, 0.25) is 5.91 Å². The summed E-state index contributed by atoms with van der Waals surface area (Å²) in [5.74, 6) is -1.49. The number of carbonyl (C=O) groups is 2. The monoisotopic (exact) mass is 507 g/mol. The molecule has 0 spiro atoms. The Labute approximate surface area is 212 Å². The van der Waals surface area contributed by atoms with E-state index in [2.05, 4.69) is 19.8 Å². The van der Waals surface area contributed by atoms with E-state index in [0.717, 1.165) is 5.56 Å². The molecule has 9 heteroatoms. The number of nitrogens with one attached hydrogen (secondary N) is 1. The number of aromatic nitrogens is 1. The number of amides is 1. The molecule has 1 amide bonds. The molecule has 0 unspecified atom stereocenters. The number of carbonyl (C=O) groups excluding carboxylic acids is 2. The average molecular weight is 508 g/mol. The van der Waals surface area contributed by atoms with Crippen LogP contribution in [0.5, 0.6) is 11.5 Å². The molecule has 1 saturated carbocycles. The molecule has 1 aromatic heterocycles. The number of hydrogen-bond acceptors (Lipinski definition) is 6. The molecule has 0 atom stereocenters. The number of fused-ring (bicyclic) bond motifs is 1. The predicted octanol–water partition coefficient (Wildman–Crippen LogP) is 4.71. The predicted molar refractivity (Wildman–Crippen MR) is 130 cm³/mol. The molecule has 2 heterocycles. The highest BCUT2D eigenvalue weighted by atomic mass is 19.3. The Hall–Kier alpha value is -4.01. The Balaban J connectivity index is 1.47. The molecule has 0 radical (unpaired) electrons. The zero-order valence-corrected chi connectivity index (χ0v) is 20.8. The van der Waals surface area contributed by atoms with Crippen LogP contribution in [0.2, 0.25) is 0 Å². The van der Waals surface area contributed by atoms with Gasteiger partial charge in [-0.3, -0.25) is 4.79 Å². The number of hydrogen-bond donors (Lipinski definition) is 1. The van der Waals surface area contributed by atoms with E-state index in [0.29, 0.717) is 41.0 Å². The number of aromatic carboxylic acids is 1. The summed E-state index contributed by atoms with van der Waals surface area (Å²) in [5, 5.41) is 14.7. The van der Waals surface area contributed by atoms with Gasteiger partial charge in [-0.2, -0.15) is 0 Å². The molecule has 2 aromatic carbocycles. The van der Waals surface area contributed by atoms with Gasteiger partial charge in [0.15, 0.2) is 11.5 Å². The summed E-state index contributed by atoms with van der Waals surface area (Å²) < 4.78 is 35.9. The van der Waals surface area contributed by atoms with E-state index in [1.165, 1.54) is 18.2 Å². The normalized spacial score (nSPS) is 16.8. The van der Waals surface area contributed by atoms with Crippen molar-refractivity contribution in [3.05, 3.63) is 70.8 Å². The summed E-state index contributed by atoms with van der Waals surface area (Å²) >= 11 is 0. The van der Waals surface area contributed by atoms with Crippen molar-refractivity contribution in [3.63, 3.8) is 0 Å². The SMILES string of the molecule is Cc1ccc(NC(=O)C2(c3ccc4c(c3)OC(F)(F)O4)CC2)nc1-c1cccc(C(=O)[O-])c1C(C)(C)C. The number of alkyl halides is 2. The molecule has 3 aromatic rings. The number of ether oxygens (including phenoxy) is 2. The second-order valence-electron chi connectivity index (χ2n) is 10.5. The first-order chi connectivity index (χ1) is 17.3. The Morgan fingerprint density at radius 1 is 1.03 bits per heavy atom. The summed E-state index contributed by atoms with van der Waals surface area (Å²) in [6, 6.07) is 12.8. The third-order valence-corrected chi connectivity index (χ3v) is 6.77. The summed E-state index contributed by atoms with van der Waals surface area (Å²) in [7, 11) is 0. The van der Waals surface area contributed by atoms with Crippen LogP contribution >= 0.6 is 0 Å². The lowest BCUT2D eigenvalue weighted by Crippen LogP contribution is -2.28. The minimum absolute atomic E-state index is 0.0803. The van der Waals surface area contributed by atoms with Gasteiger partial charge < -0.3 is 24.7 Å². The fourth-order valence-electron chi connectivity index (χ4n) is 4.85. The standard InChI is InChI=1S/C28H26F2N2O5/c1-15-8-11-21(31-23(15)17-6-5-7-18(24(33)34)22(17)26(2,3)4)32-25(35)27(12-13-27)16-9-10-19-20(14-16)37-28(29,30)36-19/h5-11,14H,12-13H2,1-4H3,(H,33,34)(H,31,32,35)/p-1. The number of aryl methyl sites for hydroxylation is 1. The smallest absolute Gasteiger partial charge is 0.545 e. The number of pyridine rings is 1. The molecule has 1 aliphatic carbocycles. The van der Waals surface area contributed by atoms with E-state index in [9.17, 15) is 23.5 Å². The van der Waals surface area contributed by atoms with Crippen molar-refractivity contribution in [2.75, 3.05) is 5.32 Å². The zero-order chi connectivity index (χ0) is 26.8. The summed E-state index contributed by atoms with van der Waals surface area (Å²) in [5.41, 5.74) is 1.80. The van der Waals surface area contributed by atoms with Crippen LogP contribution < -0.4 is 19.9 Å². The van der Waals surface area contributed by atoms with Gasteiger partial charge in [-0.05, 0) is 60.1 Å². The Bertz CT molecular complexity index is 1440. The van der Waals surface area contributed by atoms with Crippen molar-refractivity contribution in [3.8, 4) is 22.8 Å². The Morgan fingerprint density at radius 3 is 2.38 bits per heavy atom. The Morgan fingerprint density at radius 2 is 1.73 bits per heavy atom. The first-order valence-electron chi connectivity index (χ1n) is 11.9. The lowest BCUT2D eigenvalue weighted by molar-refractivity contribution is -0.286. The topological polar surface area (TPSA) is 101 Å². The van der Waals surface area contributed by atoms with Gasteiger partial charge in [0.1, 0.15) is 5.82 Å². The number of carboxylic acids is 1. The lowest BCUT2D eigenvalue weighted by Gasteiger charge is -2.27. The van der Waals surface area contributed by atoms with Crippen LogP contribution in [-0.2, 0) is 15.6 Å². The zero-order valence-electron chi connectivity index (χ0n) is 20.8. The number of carboxylic acid groups (broad SMARTS) is 1. The van der Waals surface area contributed by atoms with Crippen LogP contribution in [0, 0.1) is 6.92 Å². The van der Waals surface area contributed by atoms with Gasteiger partial charge in [-0.25, -0.2) is 4.98 Å². The van der Waals surface area contributed by atoms with Crippen molar-refractivity contribution < 1.29 is 33.0 Å². The van der Waals surface area contributed by atoms with Crippen LogP contribution in [0.4, 0.5) is 14.6 Å². The van der Waals surface area contributed by atoms with Crippen LogP contribution in [0.1, 0.15) is 60.7 Å².